The lowest BCUT2D eigenvalue weighted by molar-refractivity contribution is 0.102. The number of rotatable bonds is 4. The van der Waals surface area contributed by atoms with Gasteiger partial charge in [-0.05, 0) is 49.4 Å². The lowest BCUT2D eigenvalue weighted by Crippen LogP contribution is -2.13. The van der Waals surface area contributed by atoms with Crippen molar-refractivity contribution in [2.75, 3.05) is 12.4 Å². The fourth-order valence-electron chi connectivity index (χ4n) is 2.94. The molecule has 4 rings (SSSR count). The lowest BCUT2D eigenvalue weighted by Gasteiger charge is -2.08. The summed E-state index contributed by atoms with van der Waals surface area (Å²) in [6, 6.07) is 20.5. The number of nitrogens with zero attached hydrogens (tertiary/aromatic N) is 1. The van der Waals surface area contributed by atoms with Crippen LogP contribution >= 0.6 is 0 Å². The standard InChI is InChI=1S/C22H18N2O3/c1-14-6-5-7-15(12-14)22-24-18-13-16(10-11-20(18)27-22)23-21(25)17-8-3-4-9-19(17)26-2/h3-13H,1-2H3,(H,23,25). The number of amides is 1. The summed E-state index contributed by atoms with van der Waals surface area (Å²) in [7, 11) is 1.54. The van der Waals surface area contributed by atoms with Crippen LogP contribution in [0.15, 0.2) is 71.1 Å². The Bertz CT molecular complexity index is 1130. The number of oxazole rings is 1. The highest BCUT2D eigenvalue weighted by Crippen LogP contribution is 2.27. The molecule has 134 valence electrons. The first-order valence-electron chi connectivity index (χ1n) is 8.56. The van der Waals surface area contributed by atoms with Crippen LogP contribution in [-0.4, -0.2) is 18.0 Å². The van der Waals surface area contributed by atoms with E-state index in [-0.39, 0.29) is 5.91 Å². The lowest BCUT2D eigenvalue weighted by atomic mass is 10.1. The van der Waals surface area contributed by atoms with Crippen LogP contribution in [-0.2, 0) is 0 Å². The minimum atomic E-state index is -0.241. The second-order valence-corrected chi connectivity index (χ2v) is 6.23. The van der Waals surface area contributed by atoms with Gasteiger partial charge >= 0.3 is 0 Å². The van der Waals surface area contributed by atoms with Gasteiger partial charge < -0.3 is 14.5 Å². The van der Waals surface area contributed by atoms with Crippen LogP contribution in [0.1, 0.15) is 15.9 Å². The van der Waals surface area contributed by atoms with Crippen LogP contribution < -0.4 is 10.1 Å². The number of aromatic nitrogens is 1. The van der Waals surface area contributed by atoms with Crippen molar-refractivity contribution in [2.45, 2.75) is 6.92 Å². The number of nitrogens with one attached hydrogen (secondary N) is 1. The van der Waals surface area contributed by atoms with Crippen LogP contribution in [0.4, 0.5) is 5.69 Å². The molecular weight excluding hydrogens is 340 g/mol. The molecule has 0 saturated carbocycles. The average molecular weight is 358 g/mol. The number of carbonyl (C=O) groups is 1. The maximum atomic E-state index is 12.6. The number of ether oxygens (including phenoxy) is 1. The Morgan fingerprint density at radius 2 is 1.89 bits per heavy atom. The van der Waals surface area contributed by atoms with E-state index in [9.17, 15) is 4.79 Å². The van der Waals surface area contributed by atoms with E-state index in [4.69, 9.17) is 9.15 Å². The molecule has 0 unspecified atom stereocenters. The maximum absolute atomic E-state index is 12.6. The molecule has 0 aliphatic rings. The topological polar surface area (TPSA) is 64.4 Å². The molecule has 0 bridgehead atoms. The zero-order valence-electron chi connectivity index (χ0n) is 15.0. The highest BCUT2D eigenvalue weighted by Gasteiger charge is 2.13. The Hall–Kier alpha value is -3.60. The third-order valence-corrected chi connectivity index (χ3v) is 4.26. The van der Waals surface area contributed by atoms with Gasteiger partial charge in [-0.15, -0.1) is 0 Å². The number of hydrogen-bond acceptors (Lipinski definition) is 4. The maximum Gasteiger partial charge on any atom is 0.259 e. The predicted molar refractivity (Wildman–Crippen MR) is 105 cm³/mol. The number of hydrogen-bond donors (Lipinski definition) is 1. The summed E-state index contributed by atoms with van der Waals surface area (Å²) in [5.74, 6) is 0.843. The van der Waals surface area contributed by atoms with Gasteiger partial charge in [0.15, 0.2) is 5.58 Å². The van der Waals surface area contributed by atoms with Gasteiger partial charge in [-0.25, -0.2) is 4.98 Å². The summed E-state index contributed by atoms with van der Waals surface area (Å²) in [5, 5.41) is 2.88. The molecule has 0 aliphatic carbocycles. The zero-order valence-corrected chi connectivity index (χ0v) is 15.0. The Kier molecular flexibility index (Phi) is 4.34. The SMILES string of the molecule is COc1ccccc1C(=O)Nc1ccc2oc(-c3cccc(C)c3)nc2c1. The Balaban J connectivity index is 1.63. The number of para-hydroxylation sites is 1. The minimum absolute atomic E-state index is 0.241. The van der Waals surface area contributed by atoms with E-state index in [1.54, 1.807) is 43.5 Å². The third-order valence-electron chi connectivity index (χ3n) is 4.26. The molecule has 0 spiro atoms. The van der Waals surface area contributed by atoms with Gasteiger partial charge in [-0.2, -0.15) is 0 Å². The van der Waals surface area contributed by atoms with Gasteiger partial charge in [-0.1, -0.05) is 29.8 Å². The first-order chi connectivity index (χ1) is 13.1. The van der Waals surface area contributed by atoms with Crippen molar-refractivity contribution in [3.63, 3.8) is 0 Å². The Labute approximate surface area is 156 Å². The van der Waals surface area contributed by atoms with Gasteiger partial charge in [0.25, 0.3) is 5.91 Å². The summed E-state index contributed by atoms with van der Waals surface area (Å²) in [4.78, 5) is 17.1. The molecule has 1 N–H and O–H groups in total. The van der Waals surface area contributed by atoms with Crippen molar-refractivity contribution < 1.29 is 13.9 Å². The molecule has 1 amide bonds. The molecule has 5 heteroatoms. The summed E-state index contributed by atoms with van der Waals surface area (Å²) >= 11 is 0. The molecule has 3 aromatic carbocycles. The molecule has 27 heavy (non-hydrogen) atoms. The molecule has 0 saturated heterocycles. The summed E-state index contributed by atoms with van der Waals surface area (Å²) in [5.41, 5.74) is 4.53. The number of aryl methyl sites for hydroxylation is 1. The molecule has 0 aliphatic heterocycles. The molecular formula is C22H18N2O3. The number of anilines is 1. The summed E-state index contributed by atoms with van der Waals surface area (Å²) in [6.45, 7) is 2.03. The smallest absolute Gasteiger partial charge is 0.259 e. The van der Waals surface area contributed by atoms with Crippen LogP contribution in [0.25, 0.3) is 22.6 Å². The minimum Gasteiger partial charge on any atom is -0.496 e. The van der Waals surface area contributed by atoms with Gasteiger partial charge in [-0.3, -0.25) is 4.79 Å². The van der Waals surface area contributed by atoms with Crippen molar-refractivity contribution in [2.24, 2.45) is 0 Å². The van der Waals surface area contributed by atoms with Gasteiger partial charge in [0.05, 0.1) is 12.7 Å². The van der Waals surface area contributed by atoms with Gasteiger partial charge in [0.2, 0.25) is 5.89 Å². The van der Waals surface area contributed by atoms with Crippen LogP contribution in [0, 0.1) is 6.92 Å². The van der Waals surface area contributed by atoms with Crippen LogP contribution in [0.2, 0.25) is 0 Å². The largest absolute Gasteiger partial charge is 0.496 e. The van der Waals surface area contributed by atoms with Crippen molar-refractivity contribution in [3.8, 4) is 17.2 Å². The molecule has 0 radical (unpaired) electrons. The van der Waals surface area contributed by atoms with E-state index in [0.717, 1.165) is 11.1 Å². The van der Waals surface area contributed by atoms with Crippen molar-refractivity contribution in [1.82, 2.24) is 4.98 Å². The van der Waals surface area contributed by atoms with Crippen LogP contribution in [0.3, 0.4) is 0 Å². The number of methoxy groups -OCH3 is 1. The van der Waals surface area contributed by atoms with E-state index in [2.05, 4.69) is 10.3 Å². The van der Waals surface area contributed by atoms with Gasteiger partial charge in [0, 0.05) is 11.3 Å². The van der Waals surface area contributed by atoms with E-state index in [0.29, 0.717) is 34.0 Å². The first kappa shape index (κ1) is 16.8. The third kappa shape index (κ3) is 3.40. The highest BCUT2D eigenvalue weighted by molar-refractivity contribution is 6.06. The summed E-state index contributed by atoms with van der Waals surface area (Å²) in [6.07, 6.45) is 0. The fourth-order valence-corrected chi connectivity index (χ4v) is 2.94. The quantitative estimate of drug-likeness (QED) is 0.553. The van der Waals surface area contributed by atoms with E-state index in [1.165, 1.54) is 0 Å². The molecule has 0 fully saturated rings. The Morgan fingerprint density at radius 1 is 1.04 bits per heavy atom. The van der Waals surface area contributed by atoms with E-state index in [1.807, 2.05) is 37.3 Å². The molecule has 4 aromatic rings. The van der Waals surface area contributed by atoms with E-state index < -0.39 is 0 Å². The monoisotopic (exact) mass is 358 g/mol. The van der Waals surface area contributed by atoms with Gasteiger partial charge in [0.1, 0.15) is 11.3 Å². The predicted octanol–water partition coefficient (Wildman–Crippen LogP) is 5.06. The zero-order chi connectivity index (χ0) is 18.8. The van der Waals surface area contributed by atoms with Crippen molar-refractivity contribution in [1.29, 1.82) is 0 Å². The highest BCUT2D eigenvalue weighted by atomic mass is 16.5. The van der Waals surface area contributed by atoms with Crippen molar-refractivity contribution >= 4 is 22.7 Å². The molecule has 0 atom stereocenters. The first-order valence-corrected chi connectivity index (χ1v) is 8.56. The second kappa shape index (κ2) is 6.96. The van der Waals surface area contributed by atoms with Crippen LogP contribution in [0.5, 0.6) is 5.75 Å². The average Bonchev–Trinajstić information content (AvgIpc) is 3.11. The number of carbonyl (C=O) groups excluding carboxylic acids is 1. The van der Waals surface area contributed by atoms with Crippen molar-refractivity contribution in [3.05, 3.63) is 77.9 Å². The van der Waals surface area contributed by atoms with E-state index >= 15 is 0 Å². The number of fused-ring (bicyclic) bond motifs is 1. The molecule has 1 aromatic heterocycles. The second-order valence-electron chi connectivity index (χ2n) is 6.23. The Morgan fingerprint density at radius 3 is 2.70 bits per heavy atom. The fraction of sp³-hybridized carbons (Fsp3) is 0.0909. The summed E-state index contributed by atoms with van der Waals surface area (Å²) < 4.78 is 11.1. The molecule has 5 nitrogen and oxygen atoms in total. The number of benzene rings is 3. The normalized spacial score (nSPS) is 10.7. The molecule has 1 heterocycles.